The normalized spacial score (nSPS) is 25.1. The zero-order valence-corrected chi connectivity index (χ0v) is 11.4. The lowest BCUT2D eigenvalue weighted by atomic mass is 10.1. The minimum Gasteiger partial charge on any atom is -0.373 e. The van der Waals surface area contributed by atoms with Gasteiger partial charge in [0.15, 0.2) is 0 Å². The van der Waals surface area contributed by atoms with E-state index in [1.807, 2.05) is 0 Å². The van der Waals surface area contributed by atoms with E-state index in [-0.39, 0.29) is 11.1 Å². The first-order valence-corrected chi connectivity index (χ1v) is 8.57. The molecule has 11 heteroatoms. The fourth-order valence-corrected chi connectivity index (χ4v) is 3.69. The monoisotopic (exact) mass is 304 g/mol. The van der Waals surface area contributed by atoms with Gasteiger partial charge in [-0.1, -0.05) is 0 Å². The van der Waals surface area contributed by atoms with Crippen molar-refractivity contribution in [1.82, 2.24) is 5.32 Å². The van der Waals surface area contributed by atoms with Gasteiger partial charge in [-0.2, -0.15) is 12.6 Å². The van der Waals surface area contributed by atoms with E-state index in [0.29, 0.717) is 19.4 Å². The Morgan fingerprint density at radius 2 is 1.82 bits per heavy atom. The van der Waals surface area contributed by atoms with Crippen molar-refractivity contribution in [2.24, 2.45) is 4.99 Å². The van der Waals surface area contributed by atoms with Gasteiger partial charge in [0, 0.05) is 18.2 Å². The number of hydrogen-bond donors (Lipinski definition) is 6. The molecule has 0 radical (unpaired) electrons. The summed E-state index contributed by atoms with van der Waals surface area (Å²) >= 11 is 4.18. The molecule has 8 nitrogen and oxygen atoms in total. The number of thiol groups is 1. The van der Waals surface area contributed by atoms with Gasteiger partial charge < -0.3 is 24.9 Å². The highest BCUT2D eigenvalue weighted by Crippen LogP contribution is 2.60. The topological polar surface area (TPSA) is 139 Å². The molecule has 0 saturated carbocycles. The molecule has 0 aromatic rings. The van der Waals surface area contributed by atoms with Crippen LogP contribution in [0, 0.1) is 0 Å². The molecule has 0 aromatic heterocycles. The fraction of sp³-hybridized carbons (Fsp3) is 0.833. The Balaban J connectivity index is 2.91. The van der Waals surface area contributed by atoms with E-state index in [0.717, 1.165) is 0 Å². The van der Waals surface area contributed by atoms with Crippen molar-refractivity contribution < 1.29 is 28.7 Å². The molecule has 1 rings (SSSR count). The van der Waals surface area contributed by atoms with E-state index in [4.69, 9.17) is 19.6 Å². The first-order chi connectivity index (χ1) is 7.60. The van der Waals surface area contributed by atoms with Crippen molar-refractivity contribution in [2.45, 2.75) is 23.6 Å². The zero-order valence-electron chi connectivity index (χ0n) is 8.67. The Morgan fingerprint density at radius 1 is 1.29 bits per heavy atom. The Bertz CT molecular complexity index is 371. The summed E-state index contributed by atoms with van der Waals surface area (Å²) in [4.78, 5) is 38.9. The summed E-state index contributed by atoms with van der Waals surface area (Å²) in [6, 6.07) is 0. The van der Waals surface area contributed by atoms with Crippen LogP contribution >= 0.6 is 27.8 Å². The van der Waals surface area contributed by atoms with Crippen LogP contribution in [0.4, 0.5) is 0 Å². The first-order valence-electron chi connectivity index (χ1n) is 4.70. The van der Waals surface area contributed by atoms with Gasteiger partial charge >= 0.3 is 15.2 Å². The Morgan fingerprint density at radius 3 is 2.18 bits per heavy atom. The van der Waals surface area contributed by atoms with E-state index in [2.05, 4.69) is 22.9 Å². The molecule has 100 valence electrons. The molecule has 0 aliphatic carbocycles. The van der Waals surface area contributed by atoms with Crippen molar-refractivity contribution in [3.8, 4) is 0 Å². The van der Waals surface area contributed by atoms with Crippen LogP contribution in [0.2, 0.25) is 0 Å². The number of rotatable bonds is 3. The van der Waals surface area contributed by atoms with Crippen LogP contribution in [0.15, 0.2) is 4.99 Å². The predicted molar refractivity (Wildman–Crippen MR) is 65.3 cm³/mol. The largest absolute Gasteiger partial charge is 0.373 e. The molecule has 1 aliphatic heterocycles. The average Bonchev–Trinajstić information content (AvgIpc) is 2.13. The molecular formula is C6H14N2O6P2S. The van der Waals surface area contributed by atoms with E-state index in [1.165, 1.54) is 0 Å². The summed E-state index contributed by atoms with van der Waals surface area (Å²) in [5.41, 5.74) is -2.33. The van der Waals surface area contributed by atoms with Crippen molar-refractivity contribution >= 4 is 33.7 Å². The maximum atomic E-state index is 11.0. The van der Waals surface area contributed by atoms with Gasteiger partial charge in [0.25, 0.3) is 5.52 Å². The Hall–Kier alpha value is 0.120. The number of piperidine rings is 1. The lowest BCUT2D eigenvalue weighted by molar-refractivity contribution is 0.340. The standard InChI is InChI=1S/C6H14N2O6P2S/c9-15(10,11)6(16(12,13)14)8-5-2-1-4(17)3-7-5/h4,6,17H,1-3H2,(H,7,8)(H2,9,10,11)(H2,12,13,14). The summed E-state index contributed by atoms with van der Waals surface area (Å²) in [5, 5.41) is 2.83. The SMILES string of the molecule is O=P(O)(O)C(/N=C1\CCC(S)CN1)P(=O)(O)O. The van der Waals surface area contributed by atoms with Crippen molar-refractivity contribution in [2.75, 3.05) is 6.54 Å². The number of hydrogen-bond acceptors (Lipinski definition) is 4. The van der Waals surface area contributed by atoms with Gasteiger partial charge in [-0.05, 0) is 6.42 Å². The molecule has 1 saturated heterocycles. The van der Waals surface area contributed by atoms with Crippen LogP contribution in [-0.4, -0.2) is 42.7 Å². The van der Waals surface area contributed by atoms with E-state index < -0.39 is 20.7 Å². The van der Waals surface area contributed by atoms with Gasteiger partial charge in [-0.25, -0.2) is 4.99 Å². The summed E-state index contributed by atoms with van der Waals surface area (Å²) in [7, 11) is -9.98. The van der Waals surface area contributed by atoms with Crippen molar-refractivity contribution in [3.63, 3.8) is 0 Å². The quantitative estimate of drug-likeness (QED) is 0.311. The molecule has 1 fully saturated rings. The molecule has 5 N–H and O–H groups in total. The first kappa shape index (κ1) is 15.2. The molecule has 1 heterocycles. The van der Waals surface area contributed by atoms with Gasteiger partial charge in [-0.3, -0.25) is 9.13 Å². The zero-order chi connectivity index (χ0) is 13.3. The maximum Gasteiger partial charge on any atom is 0.362 e. The predicted octanol–water partition coefficient (Wildman–Crippen LogP) is -0.294. The van der Waals surface area contributed by atoms with E-state index >= 15 is 0 Å². The minimum atomic E-state index is -4.99. The van der Waals surface area contributed by atoms with Crippen LogP contribution in [0.5, 0.6) is 0 Å². The number of nitrogens with zero attached hydrogens (tertiary/aromatic N) is 1. The van der Waals surface area contributed by atoms with Gasteiger partial charge in [-0.15, -0.1) is 0 Å². The fourth-order valence-electron chi connectivity index (χ4n) is 1.33. The minimum absolute atomic E-state index is 0.0949. The highest BCUT2D eigenvalue weighted by molar-refractivity contribution is 7.81. The van der Waals surface area contributed by atoms with Gasteiger partial charge in [0.05, 0.1) is 5.84 Å². The molecule has 0 spiro atoms. The van der Waals surface area contributed by atoms with Crippen LogP contribution in [0.3, 0.4) is 0 Å². The van der Waals surface area contributed by atoms with Crippen LogP contribution in [0.1, 0.15) is 12.8 Å². The third kappa shape index (κ3) is 4.71. The summed E-state index contributed by atoms with van der Waals surface area (Å²) < 4.78 is 21.9. The van der Waals surface area contributed by atoms with Crippen LogP contribution in [-0.2, 0) is 9.13 Å². The lowest BCUT2D eigenvalue weighted by Gasteiger charge is -2.23. The second-order valence-electron chi connectivity index (χ2n) is 3.67. The molecule has 1 atom stereocenters. The molecule has 0 bridgehead atoms. The third-order valence-corrected chi connectivity index (χ3v) is 5.81. The highest BCUT2D eigenvalue weighted by atomic mass is 32.1. The van der Waals surface area contributed by atoms with Gasteiger partial charge in [0.1, 0.15) is 0 Å². The number of nitrogens with one attached hydrogen (secondary N) is 1. The van der Waals surface area contributed by atoms with E-state index in [1.54, 1.807) is 0 Å². The summed E-state index contributed by atoms with van der Waals surface area (Å²) in [6.45, 7) is 0.441. The smallest absolute Gasteiger partial charge is 0.362 e. The summed E-state index contributed by atoms with van der Waals surface area (Å²) in [6.07, 6.45) is 0.981. The molecule has 0 aromatic carbocycles. The summed E-state index contributed by atoms with van der Waals surface area (Å²) in [5.74, 6) is 0.187. The second-order valence-corrected chi connectivity index (χ2v) is 8.15. The highest BCUT2D eigenvalue weighted by Gasteiger charge is 2.43. The van der Waals surface area contributed by atoms with Crippen molar-refractivity contribution in [1.29, 1.82) is 0 Å². The second kappa shape index (κ2) is 5.40. The Labute approximate surface area is 103 Å². The van der Waals surface area contributed by atoms with Crippen LogP contribution in [0.25, 0.3) is 0 Å². The van der Waals surface area contributed by atoms with Gasteiger partial charge in [0.2, 0.25) is 0 Å². The lowest BCUT2D eigenvalue weighted by Crippen LogP contribution is -2.36. The number of aliphatic imine (C=N–C) groups is 1. The third-order valence-electron chi connectivity index (χ3n) is 2.13. The average molecular weight is 304 g/mol. The van der Waals surface area contributed by atoms with E-state index in [9.17, 15) is 9.13 Å². The maximum absolute atomic E-state index is 11.0. The van der Waals surface area contributed by atoms with Crippen LogP contribution < -0.4 is 5.32 Å². The number of amidine groups is 1. The molecule has 1 aliphatic rings. The Kier molecular flexibility index (Phi) is 4.82. The molecule has 1 unspecified atom stereocenters. The molecule has 0 amide bonds. The van der Waals surface area contributed by atoms with Crippen molar-refractivity contribution in [3.05, 3.63) is 0 Å². The molecular weight excluding hydrogens is 290 g/mol. The molecule has 17 heavy (non-hydrogen) atoms.